The summed E-state index contributed by atoms with van der Waals surface area (Å²) in [6.07, 6.45) is 4.40. The van der Waals surface area contributed by atoms with Crippen LogP contribution in [0, 0.1) is 6.92 Å². The Morgan fingerprint density at radius 3 is 2.97 bits per heavy atom. The number of thiophene rings is 1. The van der Waals surface area contributed by atoms with Crippen molar-refractivity contribution in [2.24, 2.45) is 0 Å². The lowest BCUT2D eigenvalue weighted by molar-refractivity contribution is -0.114. The minimum absolute atomic E-state index is 0.0480. The van der Waals surface area contributed by atoms with E-state index >= 15 is 0 Å². The molecule has 2 aromatic heterocycles. The van der Waals surface area contributed by atoms with Gasteiger partial charge in [0.25, 0.3) is 5.91 Å². The highest BCUT2D eigenvalue weighted by Gasteiger charge is 2.19. The van der Waals surface area contributed by atoms with Gasteiger partial charge in [0.2, 0.25) is 0 Å². The average Bonchev–Trinajstić information content (AvgIpc) is 3.40. The van der Waals surface area contributed by atoms with Crippen LogP contribution in [0.2, 0.25) is 5.02 Å². The highest BCUT2D eigenvalue weighted by atomic mass is 35.5. The molecule has 0 bridgehead atoms. The Kier molecular flexibility index (Phi) is 7.17. The van der Waals surface area contributed by atoms with Crippen LogP contribution in [-0.4, -0.2) is 55.2 Å². The van der Waals surface area contributed by atoms with E-state index in [1.807, 2.05) is 42.6 Å². The maximum atomic E-state index is 13.1. The molecule has 4 rings (SSSR count). The predicted octanol–water partition coefficient (Wildman–Crippen LogP) is 5.09. The fraction of sp³-hybridized carbons (Fsp3) is 0.364. The number of hydrogen-bond acceptors (Lipinski definition) is 6. The van der Waals surface area contributed by atoms with Crippen LogP contribution in [0.4, 0.5) is 5.13 Å². The number of anilines is 1. The molecule has 0 radical (unpaired) electrons. The van der Waals surface area contributed by atoms with Gasteiger partial charge in [0.05, 0.1) is 23.4 Å². The van der Waals surface area contributed by atoms with Crippen molar-refractivity contribution in [1.29, 1.82) is 0 Å². The number of ether oxygens (including phenoxy) is 1. The molecule has 3 aromatic rings. The number of hydrogen-bond donors (Lipinski definition) is 0. The van der Waals surface area contributed by atoms with Crippen molar-refractivity contribution < 1.29 is 9.53 Å². The number of carbonyl (C=O) groups is 1. The lowest BCUT2D eigenvalue weighted by Gasteiger charge is -2.27. The zero-order valence-electron chi connectivity index (χ0n) is 16.8. The number of carbonyl (C=O) groups excluding carboxylic acids is 1. The first-order valence-electron chi connectivity index (χ1n) is 10.00. The molecule has 1 fully saturated rings. The summed E-state index contributed by atoms with van der Waals surface area (Å²) in [7, 11) is 0. The summed E-state index contributed by atoms with van der Waals surface area (Å²) in [6.45, 7) is 7.03. The third-order valence-electron chi connectivity index (χ3n) is 5.03. The first kappa shape index (κ1) is 21.5. The summed E-state index contributed by atoms with van der Waals surface area (Å²) in [5.74, 6) is -0.0480. The van der Waals surface area contributed by atoms with Gasteiger partial charge in [0, 0.05) is 42.2 Å². The lowest BCUT2D eigenvalue weighted by atomic mass is 10.2. The summed E-state index contributed by atoms with van der Waals surface area (Å²) >= 11 is 9.35. The maximum Gasteiger partial charge on any atom is 0.252 e. The van der Waals surface area contributed by atoms with E-state index in [1.165, 1.54) is 11.3 Å². The molecule has 1 aromatic carbocycles. The summed E-state index contributed by atoms with van der Waals surface area (Å²) < 4.78 is 6.43. The van der Waals surface area contributed by atoms with Crippen molar-refractivity contribution in [1.82, 2.24) is 9.88 Å². The summed E-state index contributed by atoms with van der Waals surface area (Å²) in [4.78, 5) is 23.1. The minimum atomic E-state index is -0.0480. The largest absolute Gasteiger partial charge is 0.379 e. The first-order valence-corrected chi connectivity index (χ1v) is 12.1. The van der Waals surface area contributed by atoms with Crippen LogP contribution in [0.3, 0.4) is 0 Å². The summed E-state index contributed by atoms with van der Waals surface area (Å²) in [5.41, 5.74) is 1.93. The van der Waals surface area contributed by atoms with Crippen LogP contribution >= 0.6 is 34.3 Å². The molecule has 0 aliphatic carbocycles. The predicted molar refractivity (Wildman–Crippen MR) is 127 cm³/mol. The fourth-order valence-electron chi connectivity index (χ4n) is 3.46. The Bertz CT molecular complexity index is 1030. The molecule has 0 N–H and O–H groups in total. The molecule has 0 saturated carbocycles. The number of benzene rings is 1. The third-order valence-corrected chi connectivity index (χ3v) is 7.11. The maximum absolute atomic E-state index is 13.1. The molecule has 5 nitrogen and oxygen atoms in total. The molecule has 1 amide bonds. The SMILES string of the molecule is Cc1cc(Cl)cc2sc(N(CCCN3CCOCC3)C(=O)C=Cc3cccs3)nc12. The van der Waals surface area contributed by atoms with Gasteiger partial charge in [-0.2, -0.15) is 0 Å². The van der Waals surface area contributed by atoms with Gasteiger partial charge in [-0.3, -0.25) is 14.6 Å². The highest BCUT2D eigenvalue weighted by Crippen LogP contribution is 2.33. The number of aryl methyl sites for hydroxylation is 1. The first-order chi connectivity index (χ1) is 14.6. The second kappa shape index (κ2) is 10.0. The molecule has 0 spiro atoms. The van der Waals surface area contributed by atoms with Crippen LogP contribution in [0.15, 0.2) is 35.7 Å². The molecule has 0 atom stereocenters. The van der Waals surface area contributed by atoms with Crippen LogP contribution in [0.1, 0.15) is 16.9 Å². The van der Waals surface area contributed by atoms with Crippen molar-refractivity contribution >= 4 is 61.6 Å². The molecule has 8 heteroatoms. The Balaban J connectivity index is 1.54. The number of aromatic nitrogens is 1. The Labute approximate surface area is 189 Å². The standard InChI is InChI=1S/C22H24ClN3O2S2/c1-16-14-17(23)15-19-21(16)24-22(30-19)26(8-3-7-25-9-11-28-12-10-25)20(27)6-5-18-4-2-13-29-18/h2,4-6,13-15H,3,7-12H2,1H3. The topological polar surface area (TPSA) is 45.7 Å². The van der Waals surface area contributed by atoms with Crippen LogP contribution in [-0.2, 0) is 9.53 Å². The van der Waals surface area contributed by atoms with E-state index in [0.29, 0.717) is 11.6 Å². The minimum Gasteiger partial charge on any atom is -0.379 e. The quantitative estimate of drug-likeness (QED) is 0.460. The van der Waals surface area contributed by atoms with Crippen LogP contribution < -0.4 is 4.90 Å². The van der Waals surface area contributed by atoms with E-state index in [0.717, 1.165) is 65.1 Å². The molecular weight excluding hydrogens is 438 g/mol. The van der Waals surface area contributed by atoms with Crippen molar-refractivity contribution in [2.75, 3.05) is 44.3 Å². The molecule has 1 saturated heterocycles. The monoisotopic (exact) mass is 461 g/mol. The normalized spacial score (nSPS) is 15.3. The molecule has 158 valence electrons. The number of fused-ring (bicyclic) bond motifs is 1. The number of nitrogens with zero attached hydrogens (tertiary/aromatic N) is 3. The van der Waals surface area contributed by atoms with Crippen molar-refractivity contribution in [3.63, 3.8) is 0 Å². The van der Waals surface area contributed by atoms with E-state index in [4.69, 9.17) is 21.3 Å². The Hall–Kier alpha value is -1.77. The van der Waals surface area contributed by atoms with Crippen molar-refractivity contribution in [2.45, 2.75) is 13.3 Å². The number of halogens is 1. The van der Waals surface area contributed by atoms with Gasteiger partial charge >= 0.3 is 0 Å². The third kappa shape index (κ3) is 5.28. The summed E-state index contributed by atoms with van der Waals surface area (Å²) in [5, 5.41) is 3.42. The highest BCUT2D eigenvalue weighted by molar-refractivity contribution is 7.22. The van der Waals surface area contributed by atoms with Gasteiger partial charge < -0.3 is 4.74 Å². The molecular formula is C22H24ClN3O2S2. The van der Waals surface area contributed by atoms with Gasteiger partial charge in [0.15, 0.2) is 5.13 Å². The van der Waals surface area contributed by atoms with Gasteiger partial charge in [-0.15, -0.1) is 11.3 Å². The number of morpholine rings is 1. The summed E-state index contributed by atoms with van der Waals surface area (Å²) in [6, 6.07) is 7.81. The van der Waals surface area contributed by atoms with E-state index in [2.05, 4.69) is 4.90 Å². The number of amides is 1. The van der Waals surface area contributed by atoms with Gasteiger partial charge in [0.1, 0.15) is 0 Å². The second-order valence-electron chi connectivity index (χ2n) is 7.21. The van der Waals surface area contributed by atoms with Crippen LogP contribution in [0.25, 0.3) is 16.3 Å². The van der Waals surface area contributed by atoms with Crippen LogP contribution in [0.5, 0.6) is 0 Å². The van der Waals surface area contributed by atoms with Crippen molar-refractivity contribution in [3.8, 4) is 0 Å². The Morgan fingerprint density at radius 2 is 2.20 bits per heavy atom. The van der Waals surface area contributed by atoms with E-state index in [-0.39, 0.29) is 5.91 Å². The fourth-order valence-corrected chi connectivity index (χ4v) is 5.53. The van der Waals surface area contributed by atoms with Gasteiger partial charge in [-0.25, -0.2) is 4.98 Å². The molecule has 30 heavy (non-hydrogen) atoms. The van der Waals surface area contributed by atoms with Gasteiger partial charge in [-0.05, 0) is 48.6 Å². The molecule has 3 heterocycles. The van der Waals surface area contributed by atoms with Crippen molar-refractivity contribution in [3.05, 3.63) is 51.2 Å². The van der Waals surface area contributed by atoms with E-state index < -0.39 is 0 Å². The van der Waals surface area contributed by atoms with E-state index in [1.54, 1.807) is 22.3 Å². The smallest absolute Gasteiger partial charge is 0.252 e. The lowest BCUT2D eigenvalue weighted by Crippen LogP contribution is -2.39. The number of thiazole rings is 1. The molecule has 1 aliphatic rings. The molecule has 1 aliphatic heterocycles. The second-order valence-corrected chi connectivity index (χ2v) is 9.64. The molecule has 0 unspecified atom stereocenters. The zero-order chi connectivity index (χ0) is 20.9. The van der Waals surface area contributed by atoms with Gasteiger partial charge in [-0.1, -0.05) is 29.0 Å². The average molecular weight is 462 g/mol. The zero-order valence-corrected chi connectivity index (χ0v) is 19.2. The van der Waals surface area contributed by atoms with E-state index in [9.17, 15) is 4.79 Å². The number of rotatable bonds is 7. The Morgan fingerprint density at radius 1 is 1.37 bits per heavy atom.